The second-order valence-electron chi connectivity index (χ2n) is 7.06. The summed E-state index contributed by atoms with van der Waals surface area (Å²) in [5.74, 6) is 0.0326. The van der Waals surface area contributed by atoms with Gasteiger partial charge in [0.25, 0.3) is 0 Å². The van der Waals surface area contributed by atoms with E-state index in [-0.39, 0.29) is 28.8 Å². The molecule has 0 aromatic carbocycles. The molecule has 0 amide bonds. The van der Waals surface area contributed by atoms with Gasteiger partial charge in [-0.05, 0) is 36.2 Å². The molecule has 3 rings (SSSR count). The van der Waals surface area contributed by atoms with Crippen molar-refractivity contribution in [1.29, 1.82) is 0 Å². The van der Waals surface area contributed by atoms with Crippen LogP contribution in [0.15, 0.2) is 11.1 Å². The minimum absolute atomic E-state index is 0.0911. The predicted octanol–water partition coefficient (Wildman–Crippen LogP) is 2.44. The Hall–Kier alpha value is -0.830. The van der Waals surface area contributed by atoms with Crippen molar-refractivity contribution in [1.82, 2.24) is 0 Å². The summed E-state index contributed by atoms with van der Waals surface area (Å²) in [5.41, 5.74) is 1.84. The molecule has 3 nitrogen and oxygen atoms in total. The third-order valence-corrected chi connectivity index (χ3v) is 5.39. The smallest absolute Gasteiger partial charge is 0.334 e. The van der Waals surface area contributed by atoms with E-state index in [0.717, 1.165) is 30.4 Å². The summed E-state index contributed by atoms with van der Waals surface area (Å²) >= 11 is 0. The Morgan fingerprint density at radius 1 is 1.28 bits per heavy atom. The van der Waals surface area contributed by atoms with E-state index in [1.165, 1.54) is 0 Å². The van der Waals surface area contributed by atoms with Gasteiger partial charge in [0.2, 0.25) is 0 Å². The quantitative estimate of drug-likeness (QED) is 0.672. The van der Waals surface area contributed by atoms with E-state index >= 15 is 0 Å². The lowest BCUT2D eigenvalue weighted by Crippen LogP contribution is -2.52. The van der Waals surface area contributed by atoms with Gasteiger partial charge in [-0.15, -0.1) is 0 Å². The molecule has 0 saturated heterocycles. The number of hydrogen-bond donors (Lipinski definition) is 1. The molecule has 2 aliphatic carbocycles. The maximum atomic E-state index is 12.0. The number of carbonyl (C=O) groups is 1. The summed E-state index contributed by atoms with van der Waals surface area (Å²) < 4.78 is 5.21. The third kappa shape index (κ3) is 1.43. The standard InChI is InChI=1S/C15H22O3/c1-14(2)5-4-6-15(3)11-9(8-18-13(11)17)7-10(16)12(14)15/h10,12,16H,4-8H2,1-3H3. The number of hydrogen-bond acceptors (Lipinski definition) is 3. The third-order valence-electron chi connectivity index (χ3n) is 5.39. The topological polar surface area (TPSA) is 46.5 Å². The molecule has 18 heavy (non-hydrogen) atoms. The number of aliphatic hydroxyl groups is 1. The summed E-state index contributed by atoms with van der Waals surface area (Å²) in [6.45, 7) is 7.01. The number of carbonyl (C=O) groups excluding carboxylic acids is 1. The molecule has 0 spiro atoms. The van der Waals surface area contributed by atoms with Crippen LogP contribution >= 0.6 is 0 Å². The number of aliphatic hydroxyl groups excluding tert-OH is 1. The van der Waals surface area contributed by atoms with E-state index < -0.39 is 0 Å². The van der Waals surface area contributed by atoms with Crippen LogP contribution in [0.4, 0.5) is 0 Å². The molecule has 1 saturated carbocycles. The van der Waals surface area contributed by atoms with Crippen LogP contribution in [0.2, 0.25) is 0 Å². The Morgan fingerprint density at radius 2 is 2.00 bits per heavy atom. The molecule has 0 aromatic rings. The van der Waals surface area contributed by atoms with Gasteiger partial charge in [-0.2, -0.15) is 0 Å². The summed E-state index contributed by atoms with van der Waals surface area (Å²) in [5, 5.41) is 10.5. The fraction of sp³-hybridized carbons (Fsp3) is 0.800. The molecule has 3 atom stereocenters. The first-order valence-electron chi connectivity index (χ1n) is 6.94. The van der Waals surface area contributed by atoms with Crippen molar-refractivity contribution in [3.63, 3.8) is 0 Å². The minimum atomic E-state index is -0.335. The predicted molar refractivity (Wildman–Crippen MR) is 67.8 cm³/mol. The average Bonchev–Trinajstić information content (AvgIpc) is 2.58. The lowest BCUT2D eigenvalue weighted by atomic mass is 9.49. The van der Waals surface area contributed by atoms with Gasteiger partial charge in [-0.3, -0.25) is 0 Å². The number of rotatable bonds is 0. The van der Waals surface area contributed by atoms with E-state index in [0.29, 0.717) is 13.0 Å². The highest BCUT2D eigenvalue weighted by Gasteiger charge is 2.57. The van der Waals surface area contributed by atoms with Crippen molar-refractivity contribution >= 4 is 5.97 Å². The van der Waals surface area contributed by atoms with Crippen LogP contribution in [-0.4, -0.2) is 23.8 Å². The van der Waals surface area contributed by atoms with Crippen molar-refractivity contribution in [2.45, 2.75) is 52.6 Å². The van der Waals surface area contributed by atoms with Crippen molar-refractivity contribution < 1.29 is 14.6 Å². The summed E-state index contributed by atoms with van der Waals surface area (Å²) in [6, 6.07) is 0. The monoisotopic (exact) mass is 250 g/mol. The van der Waals surface area contributed by atoms with Crippen LogP contribution in [0.1, 0.15) is 46.5 Å². The normalized spacial score (nSPS) is 42.3. The highest BCUT2D eigenvalue weighted by Crippen LogP contribution is 2.60. The van der Waals surface area contributed by atoms with E-state index in [1.54, 1.807) is 0 Å². The maximum Gasteiger partial charge on any atom is 0.334 e. The van der Waals surface area contributed by atoms with Gasteiger partial charge in [-0.25, -0.2) is 4.79 Å². The van der Waals surface area contributed by atoms with Gasteiger partial charge in [-0.1, -0.05) is 27.2 Å². The zero-order valence-corrected chi connectivity index (χ0v) is 11.5. The van der Waals surface area contributed by atoms with Crippen LogP contribution in [-0.2, 0) is 9.53 Å². The molecule has 100 valence electrons. The lowest BCUT2D eigenvalue weighted by Gasteiger charge is -2.55. The average molecular weight is 250 g/mol. The second-order valence-corrected chi connectivity index (χ2v) is 7.06. The van der Waals surface area contributed by atoms with Gasteiger partial charge in [0.1, 0.15) is 6.61 Å². The number of cyclic esters (lactones) is 1. The van der Waals surface area contributed by atoms with Gasteiger partial charge in [0.15, 0.2) is 0 Å². The van der Waals surface area contributed by atoms with Gasteiger partial charge < -0.3 is 9.84 Å². The molecule has 0 radical (unpaired) electrons. The Bertz CT molecular complexity index is 435. The first-order chi connectivity index (χ1) is 8.36. The molecular formula is C15H22O3. The summed E-state index contributed by atoms with van der Waals surface area (Å²) in [6.07, 6.45) is 3.52. The first-order valence-corrected chi connectivity index (χ1v) is 6.94. The Balaban J connectivity index is 2.13. The Morgan fingerprint density at radius 3 is 2.72 bits per heavy atom. The summed E-state index contributed by atoms with van der Waals surface area (Å²) in [7, 11) is 0. The molecule has 1 fully saturated rings. The second kappa shape index (κ2) is 3.60. The lowest BCUT2D eigenvalue weighted by molar-refractivity contribution is -0.139. The Labute approximate surface area is 108 Å². The van der Waals surface area contributed by atoms with Crippen molar-refractivity contribution in [3.8, 4) is 0 Å². The minimum Gasteiger partial charge on any atom is -0.458 e. The molecule has 0 bridgehead atoms. The van der Waals surface area contributed by atoms with Gasteiger partial charge in [0, 0.05) is 11.0 Å². The van der Waals surface area contributed by atoms with Crippen molar-refractivity contribution in [3.05, 3.63) is 11.1 Å². The fourth-order valence-corrected chi connectivity index (χ4v) is 4.92. The van der Waals surface area contributed by atoms with Crippen molar-refractivity contribution in [2.24, 2.45) is 16.7 Å². The molecule has 1 N–H and O–H groups in total. The number of esters is 1. The van der Waals surface area contributed by atoms with E-state index in [9.17, 15) is 9.90 Å². The van der Waals surface area contributed by atoms with Crippen LogP contribution in [0.5, 0.6) is 0 Å². The molecule has 3 unspecified atom stereocenters. The van der Waals surface area contributed by atoms with E-state index in [2.05, 4.69) is 20.8 Å². The van der Waals surface area contributed by atoms with Crippen LogP contribution in [0.3, 0.4) is 0 Å². The fourth-order valence-electron chi connectivity index (χ4n) is 4.92. The van der Waals surface area contributed by atoms with Crippen molar-refractivity contribution in [2.75, 3.05) is 6.61 Å². The molecule has 1 heterocycles. The van der Waals surface area contributed by atoms with Crippen LogP contribution < -0.4 is 0 Å². The number of fused-ring (bicyclic) bond motifs is 2. The molecular weight excluding hydrogens is 228 g/mol. The number of ether oxygens (including phenoxy) is 1. The van der Waals surface area contributed by atoms with Gasteiger partial charge >= 0.3 is 5.97 Å². The molecule has 0 aromatic heterocycles. The Kier molecular flexibility index (Phi) is 2.44. The van der Waals surface area contributed by atoms with Gasteiger partial charge in [0.05, 0.1) is 6.10 Å². The van der Waals surface area contributed by atoms with E-state index in [1.807, 2.05) is 0 Å². The molecule has 1 aliphatic heterocycles. The zero-order valence-electron chi connectivity index (χ0n) is 11.5. The van der Waals surface area contributed by atoms with Crippen LogP contribution in [0, 0.1) is 16.7 Å². The van der Waals surface area contributed by atoms with E-state index in [4.69, 9.17) is 4.74 Å². The van der Waals surface area contributed by atoms with Crippen LogP contribution in [0.25, 0.3) is 0 Å². The zero-order chi connectivity index (χ0) is 13.1. The molecule has 3 heteroatoms. The highest BCUT2D eigenvalue weighted by atomic mass is 16.5. The molecule has 3 aliphatic rings. The first kappa shape index (κ1) is 12.2. The summed E-state index contributed by atoms with van der Waals surface area (Å²) in [4.78, 5) is 12.0. The highest BCUT2D eigenvalue weighted by molar-refractivity contribution is 5.93. The SMILES string of the molecule is CC1(C)CCCC2(C)C3=C(COC3=O)CC(O)C12. The largest absolute Gasteiger partial charge is 0.458 e. The maximum absolute atomic E-state index is 12.0.